The molecule has 0 unspecified atom stereocenters. The molecule has 8 heteroatoms. The van der Waals surface area contributed by atoms with Gasteiger partial charge in [0.15, 0.2) is 0 Å². The van der Waals surface area contributed by atoms with E-state index in [-0.39, 0.29) is 17.0 Å². The van der Waals surface area contributed by atoms with Crippen molar-refractivity contribution in [2.75, 3.05) is 7.05 Å². The van der Waals surface area contributed by atoms with Gasteiger partial charge in [0.1, 0.15) is 11.6 Å². The summed E-state index contributed by atoms with van der Waals surface area (Å²) in [5, 5.41) is 8.01. The summed E-state index contributed by atoms with van der Waals surface area (Å²) in [7, 11) is -1.99. The molecule has 0 saturated carbocycles. The van der Waals surface area contributed by atoms with E-state index >= 15 is 0 Å². The van der Waals surface area contributed by atoms with E-state index in [1.54, 1.807) is 12.1 Å². The number of aromatic nitrogens is 3. The first-order valence-electron chi connectivity index (χ1n) is 8.11. The number of hydrogen-bond acceptors (Lipinski definition) is 5. The molecule has 2 atom stereocenters. The fourth-order valence-electron chi connectivity index (χ4n) is 3.08. The van der Waals surface area contributed by atoms with E-state index in [9.17, 15) is 8.42 Å². The van der Waals surface area contributed by atoms with Crippen molar-refractivity contribution in [2.24, 2.45) is 0 Å². The number of hydrogen-bond donors (Lipinski definition) is 2. The molecular formula is C16H23N5O2S. The van der Waals surface area contributed by atoms with E-state index in [0.29, 0.717) is 0 Å². The van der Waals surface area contributed by atoms with Crippen molar-refractivity contribution in [3.8, 4) is 0 Å². The van der Waals surface area contributed by atoms with Crippen LogP contribution in [-0.2, 0) is 16.6 Å². The summed E-state index contributed by atoms with van der Waals surface area (Å²) < 4.78 is 27.9. The smallest absolute Gasteiger partial charge is 0.240 e. The zero-order valence-electron chi connectivity index (χ0n) is 14.2. The zero-order valence-corrected chi connectivity index (χ0v) is 15.0. The van der Waals surface area contributed by atoms with Crippen LogP contribution in [0.1, 0.15) is 49.1 Å². The minimum absolute atomic E-state index is 0.0879. The van der Waals surface area contributed by atoms with Crippen LogP contribution in [-0.4, -0.2) is 30.2 Å². The molecule has 0 fully saturated rings. The van der Waals surface area contributed by atoms with Crippen LogP contribution in [0.15, 0.2) is 29.2 Å². The average Bonchev–Trinajstić information content (AvgIpc) is 2.96. The van der Waals surface area contributed by atoms with Crippen LogP contribution in [0.2, 0.25) is 0 Å². The molecule has 24 heavy (non-hydrogen) atoms. The number of nitrogens with zero attached hydrogens (tertiary/aromatic N) is 3. The lowest BCUT2D eigenvalue weighted by atomic mass is 10.0. The largest absolute Gasteiger partial charge is 0.301 e. The molecule has 0 radical (unpaired) electrons. The van der Waals surface area contributed by atoms with Gasteiger partial charge < -0.3 is 5.32 Å². The highest BCUT2D eigenvalue weighted by Crippen LogP contribution is 2.26. The molecule has 1 aromatic heterocycles. The monoisotopic (exact) mass is 349 g/mol. The summed E-state index contributed by atoms with van der Waals surface area (Å²) in [6, 6.07) is 7.21. The Morgan fingerprint density at radius 2 is 2.00 bits per heavy atom. The SMILES string of the molecule is CNS(=O)(=O)c1ccc([C@@H](C)N[C@H]2CCCn3nc(C)nc32)cc1. The van der Waals surface area contributed by atoms with Crippen molar-refractivity contribution >= 4 is 10.0 Å². The summed E-state index contributed by atoms with van der Waals surface area (Å²) in [4.78, 5) is 4.81. The van der Waals surface area contributed by atoms with Gasteiger partial charge in [-0.05, 0) is 51.4 Å². The van der Waals surface area contributed by atoms with E-state index in [4.69, 9.17) is 0 Å². The maximum atomic E-state index is 11.8. The second kappa shape index (κ2) is 6.62. The Hall–Kier alpha value is -1.77. The van der Waals surface area contributed by atoms with Crippen molar-refractivity contribution < 1.29 is 8.42 Å². The van der Waals surface area contributed by atoms with Gasteiger partial charge in [-0.15, -0.1) is 0 Å². The molecule has 7 nitrogen and oxygen atoms in total. The third kappa shape index (κ3) is 3.35. The normalized spacial score (nSPS) is 19.0. The second-order valence-electron chi connectivity index (χ2n) is 6.10. The topological polar surface area (TPSA) is 88.9 Å². The molecule has 1 aromatic carbocycles. The standard InChI is InChI=1S/C16H23N5O2S/c1-11(13-6-8-14(9-7-13)24(22,23)17-3)18-15-5-4-10-21-16(15)19-12(2)20-21/h6-9,11,15,17-18H,4-5,10H2,1-3H3/t11-,15+/m1/s1. The zero-order chi connectivity index (χ0) is 17.3. The minimum atomic E-state index is -3.40. The summed E-state index contributed by atoms with van der Waals surface area (Å²) in [6.45, 7) is 4.90. The van der Waals surface area contributed by atoms with Gasteiger partial charge in [-0.1, -0.05) is 12.1 Å². The predicted octanol–water partition coefficient (Wildman–Crippen LogP) is 1.68. The number of aryl methyl sites for hydroxylation is 2. The average molecular weight is 349 g/mol. The van der Waals surface area contributed by atoms with E-state index in [0.717, 1.165) is 36.6 Å². The summed E-state index contributed by atoms with van der Waals surface area (Å²) in [5.41, 5.74) is 1.04. The van der Waals surface area contributed by atoms with Gasteiger partial charge in [-0.3, -0.25) is 0 Å². The molecule has 2 N–H and O–H groups in total. The van der Waals surface area contributed by atoms with Crippen LogP contribution < -0.4 is 10.0 Å². The van der Waals surface area contributed by atoms with Crippen molar-refractivity contribution in [2.45, 2.75) is 50.2 Å². The number of rotatable bonds is 5. The highest BCUT2D eigenvalue weighted by Gasteiger charge is 2.25. The number of fused-ring (bicyclic) bond motifs is 1. The van der Waals surface area contributed by atoms with Gasteiger partial charge in [0.05, 0.1) is 10.9 Å². The van der Waals surface area contributed by atoms with Gasteiger partial charge in [-0.25, -0.2) is 22.8 Å². The molecule has 0 aliphatic carbocycles. The molecule has 0 spiro atoms. The van der Waals surface area contributed by atoms with Crippen molar-refractivity contribution in [3.05, 3.63) is 41.5 Å². The Morgan fingerprint density at radius 3 is 2.67 bits per heavy atom. The maximum Gasteiger partial charge on any atom is 0.240 e. The highest BCUT2D eigenvalue weighted by molar-refractivity contribution is 7.89. The van der Waals surface area contributed by atoms with E-state index in [2.05, 4.69) is 27.0 Å². The number of benzene rings is 1. The molecule has 0 amide bonds. The van der Waals surface area contributed by atoms with Crippen LogP contribution in [0.3, 0.4) is 0 Å². The number of sulfonamides is 1. The van der Waals surface area contributed by atoms with Crippen LogP contribution in [0.5, 0.6) is 0 Å². The molecule has 0 bridgehead atoms. The quantitative estimate of drug-likeness (QED) is 0.857. The second-order valence-corrected chi connectivity index (χ2v) is 7.99. The van der Waals surface area contributed by atoms with Crippen molar-refractivity contribution in [3.63, 3.8) is 0 Å². The van der Waals surface area contributed by atoms with Crippen LogP contribution >= 0.6 is 0 Å². The molecule has 3 rings (SSSR count). The molecule has 1 aliphatic rings. The van der Waals surface area contributed by atoms with Crippen molar-refractivity contribution in [1.82, 2.24) is 24.8 Å². The first kappa shape index (κ1) is 17.1. The predicted molar refractivity (Wildman–Crippen MR) is 91.0 cm³/mol. The maximum absolute atomic E-state index is 11.8. The van der Waals surface area contributed by atoms with Gasteiger partial charge >= 0.3 is 0 Å². The van der Waals surface area contributed by atoms with Crippen molar-refractivity contribution in [1.29, 1.82) is 0 Å². The fourth-order valence-corrected chi connectivity index (χ4v) is 3.81. The first-order valence-corrected chi connectivity index (χ1v) is 9.60. The molecule has 130 valence electrons. The molecule has 1 aliphatic heterocycles. The summed E-state index contributed by atoms with van der Waals surface area (Å²) in [5.74, 6) is 1.79. The minimum Gasteiger partial charge on any atom is -0.301 e. The van der Waals surface area contributed by atoms with E-state index in [1.165, 1.54) is 7.05 Å². The lowest BCUT2D eigenvalue weighted by molar-refractivity contribution is 0.344. The van der Waals surface area contributed by atoms with Crippen LogP contribution in [0.4, 0.5) is 0 Å². The van der Waals surface area contributed by atoms with Crippen LogP contribution in [0.25, 0.3) is 0 Å². The van der Waals surface area contributed by atoms with E-state index in [1.807, 2.05) is 23.7 Å². The molecular weight excluding hydrogens is 326 g/mol. The van der Waals surface area contributed by atoms with Gasteiger partial charge in [0.2, 0.25) is 10.0 Å². The Balaban J connectivity index is 1.75. The van der Waals surface area contributed by atoms with Gasteiger partial charge in [-0.2, -0.15) is 5.10 Å². The Bertz CT molecular complexity index is 813. The highest BCUT2D eigenvalue weighted by atomic mass is 32.2. The third-order valence-corrected chi connectivity index (χ3v) is 5.82. The lowest BCUT2D eigenvalue weighted by Gasteiger charge is -2.26. The Labute approximate surface area is 142 Å². The number of nitrogens with one attached hydrogen (secondary N) is 2. The van der Waals surface area contributed by atoms with Gasteiger partial charge in [0.25, 0.3) is 0 Å². The summed E-state index contributed by atoms with van der Waals surface area (Å²) >= 11 is 0. The summed E-state index contributed by atoms with van der Waals surface area (Å²) in [6.07, 6.45) is 2.09. The lowest BCUT2D eigenvalue weighted by Crippen LogP contribution is -2.30. The fraction of sp³-hybridized carbons (Fsp3) is 0.500. The molecule has 2 heterocycles. The van der Waals surface area contributed by atoms with Gasteiger partial charge in [0, 0.05) is 12.6 Å². The van der Waals surface area contributed by atoms with Crippen LogP contribution in [0, 0.1) is 6.92 Å². The van der Waals surface area contributed by atoms with E-state index < -0.39 is 10.0 Å². The molecule has 0 saturated heterocycles. The molecule has 2 aromatic rings. The first-order chi connectivity index (χ1) is 11.4. The Morgan fingerprint density at radius 1 is 1.29 bits per heavy atom. The third-order valence-electron chi connectivity index (χ3n) is 4.39. The Kier molecular flexibility index (Phi) is 4.71.